The van der Waals surface area contributed by atoms with E-state index in [1.807, 2.05) is 0 Å². The molecule has 0 atom stereocenters. The first-order valence-corrected chi connectivity index (χ1v) is 17.5. The van der Waals surface area contributed by atoms with Gasteiger partial charge in [0.2, 0.25) is 0 Å². The normalized spacial score (nSPS) is 13.5. The largest absolute Gasteiger partial charge is 0.459 e. The first-order valence-electron chi connectivity index (χ1n) is 15.5. The Morgan fingerprint density at radius 2 is 0.978 bits per heavy atom. The molecule has 2 aromatic heterocycles. The molecule has 2 nitrogen and oxygen atoms in total. The lowest BCUT2D eigenvalue weighted by molar-refractivity contribution is 0.671. The van der Waals surface area contributed by atoms with E-state index in [4.69, 9.17) is 4.42 Å². The van der Waals surface area contributed by atoms with Gasteiger partial charge in [-0.2, -0.15) is 15.6 Å². The Hall–Kier alpha value is -5.64. The summed E-state index contributed by atoms with van der Waals surface area (Å²) in [5.41, 5.74) is 8.14. The zero-order chi connectivity index (χ0) is 29.5. The average molecular weight is 590 g/mol. The van der Waals surface area contributed by atoms with E-state index in [2.05, 4.69) is 168 Å². The van der Waals surface area contributed by atoms with E-state index in [1.54, 1.807) is 0 Å². The van der Waals surface area contributed by atoms with Gasteiger partial charge >= 0.3 is 0 Å². The predicted octanol–water partition coefficient (Wildman–Crippen LogP) is 8.04. The van der Waals surface area contributed by atoms with Crippen LogP contribution in [0.1, 0.15) is 0 Å². The summed E-state index contributed by atoms with van der Waals surface area (Å²) in [4.78, 5) is 0. The van der Waals surface area contributed by atoms with Crippen LogP contribution < -0.4 is 20.7 Å². The molecule has 7 aromatic carbocycles. The van der Waals surface area contributed by atoms with Gasteiger partial charge in [0.25, 0.3) is 0 Å². The maximum atomic E-state index is 6.95. The van der Waals surface area contributed by atoms with Gasteiger partial charge in [-0.25, -0.2) is 0 Å². The second-order valence-electron chi connectivity index (χ2n) is 12.0. The summed E-state index contributed by atoms with van der Waals surface area (Å²) in [6, 6.07) is 60.0. The minimum atomic E-state index is -2.69. The third-order valence-electron chi connectivity index (χ3n) is 9.88. The van der Waals surface area contributed by atoms with Gasteiger partial charge in [0.15, 0.2) is 0 Å². The van der Waals surface area contributed by atoms with Crippen molar-refractivity contribution < 1.29 is 4.42 Å². The fraction of sp³-hybridized carbons (Fsp3) is 0. The van der Waals surface area contributed by atoms with Gasteiger partial charge in [0.05, 0.1) is 11.0 Å². The first-order chi connectivity index (χ1) is 22.3. The fourth-order valence-corrected chi connectivity index (χ4v) is 13.4. The first kappa shape index (κ1) is 24.8. The number of fused-ring (bicyclic) bond motifs is 9. The smallest absolute Gasteiger partial charge is 0.135 e. The summed E-state index contributed by atoms with van der Waals surface area (Å²) in [6.07, 6.45) is 0. The highest BCUT2D eigenvalue weighted by molar-refractivity contribution is 7.23. The number of rotatable bonds is 3. The quantitative estimate of drug-likeness (QED) is 0.191. The molecule has 0 bridgehead atoms. The standard InChI is InChI=1S/C42H27NOSi/c1-2-13-29(14-3-1)45(39-22-10-6-17-32(39)33-18-7-11-23-40(33)45)41-24-12-19-34-35-27-28(25-26-38(35)44-42(34)41)43-36-20-8-4-15-30(36)31-16-5-9-21-37(31)43/h1-27H/q-1. The lowest BCUT2D eigenvalue weighted by atomic mass is 10.1. The molecule has 211 valence electrons. The molecule has 9 aromatic rings. The number of benzene rings is 7. The number of nitrogens with zero attached hydrogens (tertiary/aromatic N) is 1. The van der Waals surface area contributed by atoms with E-state index in [1.165, 1.54) is 53.7 Å². The maximum absolute atomic E-state index is 6.95. The van der Waals surface area contributed by atoms with Crippen LogP contribution in [-0.4, -0.2) is 12.6 Å². The van der Waals surface area contributed by atoms with Gasteiger partial charge in [-0.15, -0.1) is 5.19 Å². The van der Waals surface area contributed by atoms with Crippen LogP contribution >= 0.6 is 0 Å². The topological polar surface area (TPSA) is 18.1 Å². The van der Waals surface area contributed by atoms with Crippen LogP contribution in [0.3, 0.4) is 0 Å². The number of aromatic nitrogens is 1. The Kier molecular flexibility index (Phi) is 5.05. The summed E-state index contributed by atoms with van der Waals surface area (Å²) < 4.78 is 9.33. The Labute approximate surface area is 261 Å². The second-order valence-corrected chi connectivity index (χ2v) is 15.7. The lowest BCUT2D eigenvalue weighted by Crippen LogP contribution is -2.72. The minimum Gasteiger partial charge on any atom is -0.459 e. The van der Waals surface area contributed by atoms with Crippen molar-refractivity contribution >= 4 is 72.6 Å². The van der Waals surface area contributed by atoms with Crippen molar-refractivity contribution in [3.63, 3.8) is 0 Å². The average Bonchev–Trinajstić information content (AvgIpc) is 3.75. The van der Waals surface area contributed by atoms with Crippen LogP contribution in [0.15, 0.2) is 168 Å². The van der Waals surface area contributed by atoms with Crippen LogP contribution in [-0.2, 0) is 0 Å². The highest BCUT2D eigenvalue weighted by Gasteiger charge is 2.38. The van der Waals surface area contributed by atoms with Crippen molar-refractivity contribution in [1.82, 2.24) is 4.57 Å². The molecule has 0 radical (unpaired) electrons. The van der Waals surface area contributed by atoms with Crippen LogP contribution in [0.4, 0.5) is 0 Å². The third kappa shape index (κ3) is 3.23. The van der Waals surface area contributed by atoms with E-state index >= 15 is 0 Å². The van der Waals surface area contributed by atoms with Crippen LogP contribution in [0.2, 0.25) is 0 Å². The van der Waals surface area contributed by atoms with Crippen molar-refractivity contribution in [2.24, 2.45) is 0 Å². The molecule has 10 rings (SSSR count). The monoisotopic (exact) mass is 589 g/mol. The number of furan rings is 1. The van der Waals surface area contributed by atoms with Gasteiger partial charge in [-0.3, -0.25) is 0 Å². The zero-order valence-electron chi connectivity index (χ0n) is 24.4. The number of hydrogen-bond donors (Lipinski definition) is 0. The lowest BCUT2D eigenvalue weighted by Gasteiger charge is -2.44. The Balaban J connectivity index is 1.29. The molecule has 0 aliphatic carbocycles. The van der Waals surface area contributed by atoms with Crippen molar-refractivity contribution in [3.05, 3.63) is 164 Å². The van der Waals surface area contributed by atoms with Crippen molar-refractivity contribution in [1.29, 1.82) is 0 Å². The van der Waals surface area contributed by atoms with E-state index in [0.29, 0.717) is 0 Å². The van der Waals surface area contributed by atoms with E-state index in [0.717, 1.165) is 27.6 Å². The summed E-state index contributed by atoms with van der Waals surface area (Å²) in [5, 5.41) is 10.4. The van der Waals surface area contributed by atoms with Crippen molar-refractivity contribution in [2.45, 2.75) is 0 Å². The molecule has 0 N–H and O–H groups in total. The van der Waals surface area contributed by atoms with E-state index in [9.17, 15) is 0 Å². The Morgan fingerprint density at radius 1 is 0.422 bits per heavy atom. The molecule has 0 unspecified atom stereocenters. The Bertz CT molecular complexity index is 2510. The van der Waals surface area contributed by atoms with Crippen molar-refractivity contribution in [3.8, 4) is 16.8 Å². The molecule has 0 amide bonds. The third-order valence-corrected chi connectivity index (χ3v) is 14.8. The summed E-state index contributed by atoms with van der Waals surface area (Å²) in [6.45, 7) is 0. The van der Waals surface area contributed by atoms with Crippen LogP contribution in [0.5, 0.6) is 0 Å². The molecule has 0 fully saturated rings. The summed E-state index contributed by atoms with van der Waals surface area (Å²) in [7, 11) is -2.69. The zero-order valence-corrected chi connectivity index (χ0v) is 25.4. The number of hydrogen-bond acceptors (Lipinski definition) is 1. The molecular formula is C42H27NOSi-. The highest BCUT2D eigenvalue weighted by Crippen LogP contribution is 2.36. The number of para-hydroxylation sites is 3. The molecule has 1 aliphatic rings. The van der Waals surface area contributed by atoms with Gasteiger partial charge in [-0.1, -0.05) is 145 Å². The summed E-state index contributed by atoms with van der Waals surface area (Å²) >= 11 is 0. The van der Waals surface area contributed by atoms with Gasteiger partial charge in [0.1, 0.15) is 11.2 Å². The SMILES string of the molecule is c1ccc([Si-]2(c3cccc4c3oc3ccc(-n5c6ccccc6c6ccccc65)cc34)c3ccccc3-c3ccccc32)cc1. The van der Waals surface area contributed by atoms with Gasteiger partial charge < -0.3 is 8.98 Å². The highest BCUT2D eigenvalue weighted by atomic mass is 28.3. The summed E-state index contributed by atoms with van der Waals surface area (Å²) in [5.74, 6) is 0. The molecule has 3 heteroatoms. The molecule has 0 saturated heterocycles. The second kappa shape index (κ2) is 9.18. The minimum absolute atomic E-state index is 0.916. The van der Waals surface area contributed by atoms with Crippen LogP contribution in [0.25, 0.3) is 60.6 Å². The van der Waals surface area contributed by atoms with E-state index in [-0.39, 0.29) is 0 Å². The van der Waals surface area contributed by atoms with E-state index < -0.39 is 8.07 Å². The molecule has 3 heterocycles. The fourth-order valence-electron chi connectivity index (χ4n) is 8.10. The predicted molar refractivity (Wildman–Crippen MR) is 191 cm³/mol. The van der Waals surface area contributed by atoms with Gasteiger partial charge in [0, 0.05) is 27.2 Å². The molecule has 0 saturated carbocycles. The maximum Gasteiger partial charge on any atom is 0.135 e. The molecule has 1 aliphatic heterocycles. The molecular weight excluding hydrogens is 563 g/mol. The van der Waals surface area contributed by atoms with Crippen molar-refractivity contribution in [2.75, 3.05) is 0 Å². The van der Waals surface area contributed by atoms with Crippen LogP contribution in [0, 0.1) is 0 Å². The van der Waals surface area contributed by atoms with Gasteiger partial charge in [-0.05, 0) is 38.4 Å². The Morgan fingerprint density at radius 3 is 1.67 bits per heavy atom. The molecule has 45 heavy (non-hydrogen) atoms. The molecule has 0 spiro atoms.